The molecule has 0 radical (unpaired) electrons. The monoisotopic (exact) mass is 358 g/mol. The molecule has 1 amide bonds. The highest BCUT2D eigenvalue weighted by atomic mass is 35.5. The van der Waals surface area contributed by atoms with Crippen LogP contribution in [-0.4, -0.2) is 47.8 Å². The Labute approximate surface area is 149 Å². The number of aliphatic hydroxyl groups excluding tert-OH is 1. The Morgan fingerprint density at radius 2 is 2.17 bits per heavy atom. The lowest BCUT2D eigenvalue weighted by molar-refractivity contribution is -0.121. The van der Waals surface area contributed by atoms with Crippen molar-refractivity contribution in [3.8, 4) is 0 Å². The molecule has 0 spiro atoms. The normalized spacial score (nSPS) is 20.2. The second-order valence-electron chi connectivity index (χ2n) is 5.93. The van der Waals surface area contributed by atoms with Crippen LogP contribution in [-0.2, 0) is 4.79 Å². The quantitative estimate of drug-likeness (QED) is 0.699. The minimum absolute atomic E-state index is 0. The van der Waals surface area contributed by atoms with Crippen molar-refractivity contribution < 1.29 is 9.90 Å². The summed E-state index contributed by atoms with van der Waals surface area (Å²) in [5, 5.41) is 16.1. The SMILES string of the molecule is CC(O)CC(CNC(=O)CC1CSCCN1)c1ccccc1.Cl. The maximum atomic E-state index is 12.1. The maximum Gasteiger partial charge on any atom is 0.221 e. The van der Waals surface area contributed by atoms with E-state index in [1.807, 2.05) is 30.0 Å². The second kappa shape index (κ2) is 10.9. The number of nitrogens with one attached hydrogen (secondary N) is 2. The van der Waals surface area contributed by atoms with E-state index in [4.69, 9.17) is 0 Å². The van der Waals surface area contributed by atoms with Crippen molar-refractivity contribution in [1.82, 2.24) is 10.6 Å². The van der Waals surface area contributed by atoms with Crippen LogP contribution in [0.2, 0.25) is 0 Å². The smallest absolute Gasteiger partial charge is 0.221 e. The topological polar surface area (TPSA) is 61.4 Å². The molecule has 1 aromatic rings. The van der Waals surface area contributed by atoms with Gasteiger partial charge in [0.1, 0.15) is 0 Å². The fourth-order valence-corrected chi connectivity index (χ4v) is 3.71. The summed E-state index contributed by atoms with van der Waals surface area (Å²) in [6.07, 6.45) is 0.809. The van der Waals surface area contributed by atoms with Crippen LogP contribution in [0.4, 0.5) is 0 Å². The molecule has 1 fully saturated rings. The zero-order chi connectivity index (χ0) is 15.8. The summed E-state index contributed by atoms with van der Waals surface area (Å²) >= 11 is 1.90. The molecule has 3 N–H and O–H groups in total. The summed E-state index contributed by atoms with van der Waals surface area (Å²) in [6.45, 7) is 3.35. The molecule has 23 heavy (non-hydrogen) atoms. The summed E-state index contributed by atoms with van der Waals surface area (Å²) in [4.78, 5) is 12.1. The van der Waals surface area contributed by atoms with Crippen molar-refractivity contribution in [2.75, 3.05) is 24.6 Å². The predicted molar refractivity (Wildman–Crippen MR) is 99.5 cm³/mol. The Bertz CT molecular complexity index is 453. The van der Waals surface area contributed by atoms with E-state index in [0.29, 0.717) is 19.4 Å². The maximum absolute atomic E-state index is 12.1. The number of carbonyl (C=O) groups excluding carboxylic acids is 1. The highest BCUT2D eigenvalue weighted by Gasteiger charge is 2.19. The number of amides is 1. The van der Waals surface area contributed by atoms with Gasteiger partial charge in [0.05, 0.1) is 6.10 Å². The van der Waals surface area contributed by atoms with Crippen LogP contribution >= 0.6 is 24.2 Å². The van der Waals surface area contributed by atoms with E-state index in [-0.39, 0.29) is 36.4 Å². The van der Waals surface area contributed by atoms with Gasteiger partial charge in [-0.15, -0.1) is 12.4 Å². The predicted octanol–water partition coefficient (Wildman–Crippen LogP) is 2.17. The molecule has 4 nitrogen and oxygen atoms in total. The zero-order valence-corrected chi connectivity index (χ0v) is 15.2. The van der Waals surface area contributed by atoms with Crippen molar-refractivity contribution in [3.05, 3.63) is 35.9 Å². The molecule has 0 bridgehead atoms. The molecule has 1 aliphatic heterocycles. The van der Waals surface area contributed by atoms with E-state index in [1.54, 1.807) is 6.92 Å². The van der Waals surface area contributed by atoms with Gasteiger partial charge in [-0.25, -0.2) is 0 Å². The average molecular weight is 359 g/mol. The Morgan fingerprint density at radius 1 is 1.43 bits per heavy atom. The molecule has 1 saturated heterocycles. The number of rotatable bonds is 7. The lowest BCUT2D eigenvalue weighted by Crippen LogP contribution is -2.42. The zero-order valence-electron chi connectivity index (χ0n) is 13.5. The van der Waals surface area contributed by atoms with Crippen LogP contribution in [0.15, 0.2) is 30.3 Å². The molecular formula is C17H27ClN2O2S. The van der Waals surface area contributed by atoms with Crippen LogP contribution in [0.5, 0.6) is 0 Å². The van der Waals surface area contributed by atoms with Crippen molar-refractivity contribution in [2.24, 2.45) is 0 Å². The van der Waals surface area contributed by atoms with Crippen LogP contribution in [0.3, 0.4) is 0 Å². The molecule has 1 aromatic carbocycles. The first-order valence-corrected chi connectivity index (χ1v) is 9.11. The Morgan fingerprint density at radius 3 is 2.78 bits per heavy atom. The standard InChI is InChI=1S/C17H26N2O2S.ClH/c1-13(20)9-15(14-5-3-2-4-6-14)11-19-17(21)10-16-12-22-8-7-18-16;/h2-6,13,15-16,18,20H,7-12H2,1H3,(H,19,21);1H. The first kappa shape index (κ1) is 20.3. The van der Waals surface area contributed by atoms with Crippen LogP contribution in [0.1, 0.15) is 31.2 Å². The summed E-state index contributed by atoms with van der Waals surface area (Å²) < 4.78 is 0. The molecule has 2 rings (SSSR count). The molecule has 0 saturated carbocycles. The van der Waals surface area contributed by atoms with Gasteiger partial charge in [-0.1, -0.05) is 30.3 Å². The van der Waals surface area contributed by atoms with E-state index in [9.17, 15) is 9.90 Å². The van der Waals surface area contributed by atoms with E-state index in [1.165, 1.54) is 0 Å². The minimum Gasteiger partial charge on any atom is -0.393 e. The van der Waals surface area contributed by atoms with Crippen molar-refractivity contribution >= 4 is 30.1 Å². The van der Waals surface area contributed by atoms with Gasteiger partial charge in [0.2, 0.25) is 5.91 Å². The van der Waals surface area contributed by atoms with Gasteiger partial charge >= 0.3 is 0 Å². The number of hydrogen-bond donors (Lipinski definition) is 3. The molecule has 130 valence electrons. The first-order chi connectivity index (χ1) is 10.6. The molecule has 3 atom stereocenters. The van der Waals surface area contributed by atoms with Crippen molar-refractivity contribution in [1.29, 1.82) is 0 Å². The number of carbonyl (C=O) groups is 1. The summed E-state index contributed by atoms with van der Waals surface area (Å²) in [6, 6.07) is 10.4. The summed E-state index contributed by atoms with van der Waals surface area (Å²) in [5.74, 6) is 2.37. The third-order valence-corrected chi connectivity index (χ3v) is 5.00. The number of benzene rings is 1. The minimum atomic E-state index is -0.376. The molecule has 0 aromatic heterocycles. The number of hydrogen-bond acceptors (Lipinski definition) is 4. The molecule has 0 aliphatic carbocycles. The van der Waals surface area contributed by atoms with E-state index in [2.05, 4.69) is 22.8 Å². The van der Waals surface area contributed by atoms with Gasteiger partial charge in [0.25, 0.3) is 0 Å². The average Bonchev–Trinajstić information content (AvgIpc) is 2.53. The van der Waals surface area contributed by atoms with Crippen LogP contribution in [0.25, 0.3) is 0 Å². The van der Waals surface area contributed by atoms with Gasteiger partial charge in [0, 0.05) is 43.0 Å². The third kappa shape index (κ3) is 7.57. The van der Waals surface area contributed by atoms with Crippen LogP contribution < -0.4 is 10.6 Å². The van der Waals surface area contributed by atoms with E-state index >= 15 is 0 Å². The van der Waals surface area contributed by atoms with E-state index < -0.39 is 0 Å². The molecule has 3 unspecified atom stereocenters. The molecule has 1 heterocycles. The molecular weight excluding hydrogens is 332 g/mol. The summed E-state index contributed by atoms with van der Waals surface area (Å²) in [5.41, 5.74) is 1.16. The fraction of sp³-hybridized carbons (Fsp3) is 0.588. The molecule has 6 heteroatoms. The Balaban J connectivity index is 0.00000264. The Hall–Kier alpha value is -0.750. The fourth-order valence-electron chi connectivity index (χ4n) is 2.76. The van der Waals surface area contributed by atoms with Crippen LogP contribution in [0, 0.1) is 0 Å². The van der Waals surface area contributed by atoms with Gasteiger partial charge in [-0.2, -0.15) is 11.8 Å². The largest absolute Gasteiger partial charge is 0.393 e. The van der Waals surface area contributed by atoms with Gasteiger partial charge < -0.3 is 15.7 Å². The number of halogens is 1. The van der Waals surface area contributed by atoms with Gasteiger partial charge in [0.15, 0.2) is 0 Å². The van der Waals surface area contributed by atoms with Crippen molar-refractivity contribution in [2.45, 2.75) is 37.8 Å². The van der Waals surface area contributed by atoms with Gasteiger partial charge in [-0.3, -0.25) is 4.79 Å². The van der Waals surface area contributed by atoms with E-state index in [0.717, 1.165) is 23.6 Å². The third-order valence-electron chi connectivity index (χ3n) is 3.87. The lowest BCUT2D eigenvalue weighted by Gasteiger charge is -2.24. The molecule has 1 aliphatic rings. The highest BCUT2D eigenvalue weighted by Crippen LogP contribution is 2.20. The number of aliphatic hydroxyl groups is 1. The van der Waals surface area contributed by atoms with Gasteiger partial charge in [-0.05, 0) is 18.9 Å². The second-order valence-corrected chi connectivity index (χ2v) is 7.08. The lowest BCUT2D eigenvalue weighted by atomic mass is 9.93. The Kier molecular flexibility index (Phi) is 9.63. The number of thioether (sulfide) groups is 1. The van der Waals surface area contributed by atoms with Crippen molar-refractivity contribution in [3.63, 3.8) is 0 Å². The summed E-state index contributed by atoms with van der Waals surface area (Å²) in [7, 11) is 0. The first-order valence-electron chi connectivity index (χ1n) is 7.96. The highest BCUT2D eigenvalue weighted by molar-refractivity contribution is 7.99.